The molecule has 0 radical (unpaired) electrons. The monoisotopic (exact) mass is 268 g/mol. The van der Waals surface area contributed by atoms with Crippen LogP contribution < -0.4 is 4.90 Å². The summed E-state index contributed by atoms with van der Waals surface area (Å²) in [6, 6.07) is 2.51. The average Bonchev–Trinajstić information content (AvgIpc) is 2.74. The van der Waals surface area contributed by atoms with Gasteiger partial charge < -0.3 is 0 Å². The highest BCUT2D eigenvalue weighted by Gasteiger charge is 2.20. The van der Waals surface area contributed by atoms with E-state index in [0.717, 1.165) is 16.7 Å². The number of hydrogen-bond acceptors (Lipinski definition) is 3. The van der Waals surface area contributed by atoms with E-state index in [0.29, 0.717) is 10.9 Å². The van der Waals surface area contributed by atoms with Gasteiger partial charge in [-0.05, 0) is 23.9 Å². The molecule has 2 aromatic rings. The summed E-state index contributed by atoms with van der Waals surface area (Å²) < 4.78 is 26.3. The molecular formula is C12H10F2N2OS. The number of carbonyl (C=O) groups is 1. The van der Waals surface area contributed by atoms with Crippen molar-refractivity contribution in [2.45, 2.75) is 6.92 Å². The molecule has 18 heavy (non-hydrogen) atoms. The van der Waals surface area contributed by atoms with Crippen molar-refractivity contribution < 1.29 is 13.6 Å². The second kappa shape index (κ2) is 4.81. The highest BCUT2D eigenvalue weighted by atomic mass is 32.1. The molecule has 2 heterocycles. The Morgan fingerprint density at radius 1 is 1.44 bits per heavy atom. The van der Waals surface area contributed by atoms with E-state index >= 15 is 0 Å². The van der Waals surface area contributed by atoms with Crippen molar-refractivity contribution in [1.82, 2.24) is 4.98 Å². The number of thiophene rings is 1. The van der Waals surface area contributed by atoms with Gasteiger partial charge in [-0.3, -0.25) is 9.69 Å². The lowest BCUT2D eigenvalue weighted by atomic mass is 10.2. The van der Waals surface area contributed by atoms with Crippen molar-refractivity contribution in [3.63, 3.8) is 0 Å². The zero-order chi connectivity index (χ0) is 13.3. The summed E-state index contributed by atoms with van der Waals surface area (Å²) in [6.45, 7) is 1.80. The molecule has 1 amide bonds. The van der Waals surface area contributed by atoms with Crippen LogP contribution in [0.15, 0.2) is 23.7 Å². The lowest BCUT2D eigenvalue weighted by molar-refractivity contribution is 0.0994. The molecule has 0 aliphatic carbocycles. The van der Waals surface area contributed by atoms with Gasteiger partial charge in [-0.1, -0.05) is 0 Å². The molecule has 0 unspecified atom stereocenters. The van der Waals surface area contributed by atoms with Gasteiger partial charge in [0.15, 0.2) is 11.6 Å². The minimum Gasteiger partial charge on any atom is -0.293 e. The number of aryl methyl sites for hydroxylation is 1. The first kappa shape index (κ1) is 12.6. The van der Waals surface area contributed by atoms with Crippen LogP contribution in [0.3, 0.4) is 0 Å². The predicted molar refractivity (Wildman–Crippen MR) is 65.9 cm³/mol. The van der Waals surface area contributed by atoms with Crippen LogP contribution in [-0.2, 0) is 0 Å². The molecule has 0 aliphatic heterocycles. The topological polar surface area (TPSA) is 33.2 Å². The maximum Gasteiger partial charge on any atom is 0.269 e. The van der Waals surface area contributed by atoms with Crippen LogP contribution in [0, 0.1) is 18.6 Å². The Kier molecular flexibility index (Phi) is 3.38. The molecule has 2 rings (SSSR count). The number of hydrogen-bond donors (Lipinski definition) is 0. The minimum atomic E-state index is -0.861. The van der Waals surface area contributed by atoms with Crippen molar-refractivity contribution in [3.8, 4) is 0 Å². The van der Waals surface area contributed by atoms with Gasteiger partial charge >= 0.3 is 0 Å². The van der Waals surface area contributed by atoms with E-state index in [9.17, 15) is 13.6 Å². The highest BCUT2D eigenvalue weighted by molar-refractivity contribution is 7.12. The first-order chi connectivity index (χ1) is 8.50. The lowest BCUT2D eigenvalue weighted by Crippen LogP contribution is -2.27. The van der Waals surface area contributed by atoms with E-state index in [2.05, 4.69) is 4.98 Å². The van der Waals surface area contributed by atoms with Crippen LogP contribution in [0.4, 0.5) is 14.6 Å². The number of aromatic nitrogens is 1. The molecule has 0 bridgehead atoms. The fourth-order valence-electron chi connectivity index (χ4n) is 1.49. The number of carbonyl (C=O) groups excluding carboxylic acids is 1. The summed E-state index contributed by atoms with van der Waals surface area (Å²) in [5.74, 6) is -2.18. The largest absolute Gasteiger partial charge is 0.293 e. The van der Waals surface area contributed by atoms with Gasteiger partial charge in [0.25, 0.3) is 5.91 Å². The van der Waals surface area contributed by atoms with Crippen molar-refractivity contribution in [2.75, 3.05) is 11.9 Å². The molecule has 0 spiro atoms. The summed E-state index contributed by atoms with van der Waals surface area (Å²) >= 11 is 1.27. The molecule has 0 N–H and O–H groups in total. The van der Waals surface area contributed by atoms with Crippen LogP contribution >= 0.6 is 11.3 Å². The lowest BCUT2D eigenvalue weighted by Gasteiger charge is -2.16. The van der Waals surface area contributed by atoms with Crippen molar-refractivity contribution in [3.05, 3.63) is 45.8 Å². The Hall–Kier alpha value is -1.82. The van der Waals surface area contributed by atoms with Gasteiger partial charge in [0.1, 0.15) is 5.82 Å². The molecule has 0 fully saturated rings. The van der Waals surface area contributed by atoms with E-state index in [1.807, 2.05) is 0 Å². The fraction of sp³-hybridized carbons (Fsp3) is 0.167. The van der Waals surface area contributed by atoms with E-state index in [-0.39, 0.29) is 11.7 Å². The van der Waals surface area contributed by atoms with E-state index in [1.54, 1.807) is 18.4 Å². The number of amides is 1. The zero-order valence-corrected chi connectivity index (χ0v) is 10.6. The van der Waals surface area contributed by atoms with Crippen molar-refractivity contribution in [1.29, 1.82) is 0 Å². The van der Waals surface area contributed by atoms with Gasteiger partial charge in [0, 0.05) is 13.1 Å². The molecule has 0 saturated heterocycles. The molecular weight excluding hydrogens is 258 g/mol. The van der Waals surface area contributed by atoms with Gasteiger partial charge in [0.05, 0.1) is 11.1 Å². The Morgan fingerprint density at radius 3 is 2.72 bits per heavy atom. The third-order valence-corrected chi connectivity index (χ3v) is 3.47. The van der Waals surface area contributed by atoms with Gasteiger partial charge in [-0.25, -0.2) is 13.8 Å². The Morgan fingerprint density at radius 2 is 2.17 bits per heavy atom. The van der Waals surface area contributed by atoms with Gasteiger partial charge in [-0.2, -0.15) is 0 Å². The van der Waals surface area contributed by atoms with Crippen LogP contribution in [0.25, 0.3) is 0 Å². The molecule has 3 nitrogen and oxygen atoms in total. The molecule has 0 atom stereocenters. The van der Waals surface area contributed by atoms with Crippen molar-refractivity contribution in [2.24, 2.45) is 0 Å². The molecule has 6 heteroatoms. The number of nitrogens with zero attached hydrogens (tertiary/aromatic N) is 2. The third-order valence-electron chi connectivity index (χ3n) is 2.47. The van der Waals surface area contributed by atoms with Crippen molar-refractivity contribution >= 4 is 23.1 Å². The van der Waals surface area contributed by atoms with E-state index in [1.165, 1.54) is 18.4 Å². The molecule has 0 aliphatic rings. The zero-order valence-electron chi connectivity index (χ0n) is 9.78. The Balaban J connectivity index is 2.34. The maximum atomic E-state index is 13.5. The summed E-state index contributed by atoms with van der Waals surface area (Å²) in [5.41, 5.74) is 0.819. The molecule has 0 aromatic carbocycles. The quantitative estimate of drug-likeness (QED) is 0.838. The standard InChI is InChI=1S/C12H10F2N2OS/c1-7-3-4-18-10(7)12(17)16(2)11-9(14)5-8(13)6-15-11/h3-6H,1-2H3. The molecule has 0 saturated carbocycles. The second-order valence-electron chi connectivity index (χ2n) is 3.76. The van der Waals surface area contributed by atoms with E-state index in [4.69, 9.17) is 0 Å². The summed E-state index contributed by atoms with van der Waals surface area (Å²) in [6.07, 6.45) is 0.878. The SMILES string of the molecule is Cc1ccsc1C(=O)N(C)c1ncc(F)cc1F. The van der Waals surface area contributed by atoms with Gasteiger partial charge in [-0.15, -0.1) is 11.3 Å². The first-order valence-corrected chi connectivity index (χ1v) is 6.02. The van der Waals surface area contributed by atoms with Gasteiger partial charge in [0.2, 0.25) is 0 Å². The molecule has 94 valence electrons. The van der Waals surface area contributed by atoms with Crippen LogP contribution in [0.2, 0.25) is 0 Å². The minimum absolute atomic E-state index is 0.186. The van der Waals surface area contributed by atoms with Crippen LogP contribution in [-0.4, -0.2) is 17.9 Å². The Labute approximate surface area is 107 Å². The van der Waals surface area contributed by atoms with Crippen LogP contribution in [0.1, 0.15) is 15.2 Å². The van der Waals surface area contributed by atoms with Crippen LogP contribution in [0.5, 0.6) is 0 Å². The average molecular weight is 268 g/mol. The molecule has 2 aromatic heterocycles. The third kappa shape index (κ3) is 2.24. The summed E-state index contributed by atoms with van der Waals surface area (Å²) in [4.78, 5) is 17.3. The second-order valence-corrected chi connectivity index (χ2v) is 4.67. The number of anilines is 1. The number of pyridine rings is 1. The maximum absolute atomic E-state index is 13.5. The Bertz CT molecular complexity index is 598. The van der Waals surface area contributed by atoms with E-state index < -0.39 is 11.6 Å². The predicted octanol–water partition coefficient (Wildman–Crippen LogP) is 3.01. The number of halogens is 2. The summed E-state index contributed by atoms with van der Waals surface area (Å²) in [5, 5.41) is 1.78. The normalized spacial score (nSPS) is 10.4. The smallest absolute Gasteiger partial charge is 0.269 e. The highest BCUT2D eigenvalue weighted by Crippen LogP contribution is 2.22. The number of rotatable bonds is 2. The first-order valence-electron chi connectivity index (χ1n) is 5.14. The fourth-order valence-corrected chi connectivity index (χ4v) is 2.39. The summed E-state index contributed by atoms with van der Waals surface area (Å²) in [7, 11) is 1.41.